The van der Waals surface area contributed by atoms with Gasteiger partial charge in [0.05, 0.1) is 6.61 Å². The molecule has 0 aromatic carbocycles. The van der Waals surface area contributed by atoms with Crippen molar-refractivity contribution in [3.8, 4) is 0 Å². The Labute approximate surface area is 56.7 Å². The lowest BCUT2D eigenvalue weighted by Gasteiger charge is -1.98. The van der Waals surface area contributed by atoms with E-state index >= 15 is 0 Å². The molecule has 0 rings (SSSR count). The van der Waals surface area contributed by atoms with Gasteiger partial charge in [-0.25, -0.2) is 0 Å². The molecule has 2 heteroatoms. The number of hydrogen-bond donors (Lipinski definition) is 1. The van der Waals surface area contributed by atoms with Crippen LogP contribution in [0.4, 0.5) is 0 Å². The normalized spacial score (nSPS) is 9.44. The van der Waals surface area contributed by atoms with Gasteiger partial charge < -0.3 is 10.5 Å². The zero-order chi connectivity index (χ0) is 6.95. The monoisotopic (exact) mass is 129 g/mol. The van der Waals surface area contributed by atoms with Crippen LogP contribution in [-0.2, 0) is 4.74 Å². The second-order valence-corrected chi connectivity index (χ2v) is 1.83. The third kappa shape index (κ3) is 7.66. The zero-order valence-electron chi connectivity index (χ0n) is 5.81. The van der Waals surface area contributed by atoms with Gasteiger partial charge in [-0.2, -0.15) is 0 Å². The molecule has 0 saturated carbocycles. The standard InChI is InChI=1S/C7H15NO/c1-2-3-4-6-9-7-5-8/h2H,1,3-8H2. The molecule has 2 nitrogen and oxygen atoms in total. The summed E-state index contributed by atoms with van der Waals surface area (Å²) < 4.78 is 5.11. The Balaban J connectivity index is 2.66. The molecule has 0 radical (unpaired) electrons. The lowest BCUT2D eigenvalue weighted by Crippen LogP contribution is -2.08. The highest BCUT2D eigenvalue weighted by Crippen LogP contribution is 1.88. The fourth-order valence-electron chi connectivity index (χ4n) is 0.515. The first kappa shape index (κ1) is 8.66. The molecule has 2 N–H and O–H groups in total. The van der Waals surface area contributed by atoms with Crippen LogP contribution in [0, 0.1) is 0 Å². The Bertz CT molecular complexity index is 63.9. The Morgan fingerprint density at radius 2 is 2.22 bits per heavy atom. The molecular weight excluding hydrogens is 114 g/mol. The second-order valence-electron chi connectivity index (χ2n) is 1.83. The van der Waals surface area contributed by atoms with Gasteiger partial charge in [0.15, 0.2) is 0 Å². The number of nitrogens with two attached hydrogens (primary N) is 1. The summed E-state index contributed by atoms with van der Waals surface area (Å²) in [5, 5.41) is 0. The second kappa shape index (κ2) is 7.66. The molecular formula is C7H15NO. The van der Waals surface area contributed by atoms with Gasteiger partial charge in [-0.05, 0) is 12.8 Å². The molecule has 0 aliphatic heterocycles. The Kier molecular flexibility index (Phi) is 7.37. The van der Waals surface area contributed by atoms with Crippen molar-refractivity contribution < 1.29 is 4.74 Å². The van der Waals surface area contributed by atoms with Gasteiger partial charge in [-0.3, -0.25) is 0 Å². The highest BCUT2D eigenvalue weighted by atomic mass is 16.5. The smallest absolute Gasteiger partial charge is 0.0588 e. The maximum absolute atomic E-state index is 5.20. The van der Waals surface area contributed by atoms with Crippen molar-refractivity contribution in [2.24, 2.45) is 5.73 Å². The van der Waals surface area contributed by atoms with Crippen LogP contribution < -0.4 is 5.73 Å². The van der Waals surface area contributed by atoms with Crippen LogP contribution in [0.15, 0.2) is 12.7 Å². The van der Waals surface area contributed by atoms with Crippen LogP contribution >= 0.6 is 0 Å². The number of rotatable bonds is 6. The van der Waals surface area contributed by atoms with Gasteiger partial charge >= 0.3 is 0 Å². The molecule has 0 bridgehead atoms. The van der Waals surface area contributed by atoms with Crippen molar-refractivity contribution >= 4 is 0 Å². The first-order chi connectivity index (χ1) is 4.41. The molecule has 0 saturated heterocycles. The van der Waals surface area contributed by atoms with E-state index in [2.05, 4.69) is 6.58 Å². The Morgan fingerprint density at radius 3 is 2.78 bits per heavy atom. The van der Waals surface area contributed by atoms with Gasteiger partial charge in [0.2, 0.25) is 0 Å². The van der Waals surface area contributed by atoms with E-state index < -0.39 is 0 Å². The molecule has 0 fully saturated rings. The Morgan fingerprint density at radius 1 is 1.44 bits per heavy atom. The summed E-state index contributed by atoms with van der Waals surface area (Å²) in [6.45, 7) is 5.70. The molecule has 0 heterocycles. The van der Waals surface area contributed by atoms with Crippen LogP contribution in [0.3, 0.4) is 0 Å². The summed E-state index contributed by atoms with van der Waals surface area (Å²) in [7, 11) is 0. The summed E-state index contributed by atoms with van der Waals surface area (Å²) in [5.41, 5.74) is 5.20. The van der Waals surface area contributed by atoms with Crippen LogP contribution in [0.1, 0.15) is 12.8 Å². The lowest BCUT2D eigenvalue weighted by atomic mass is 10.3. The van der Waals surface area contributed by atoms with Gasteiger partial charge in [0, 0.05) is 13.2 Å². The van der Waals surface area contributed by atoms with Gasteiger partial charge in [-0.15, -0.1) is 6.58 Å². The minimum Gasteiger partial charge on any atom is -0.380 e. The number of unbranched alkanes of at least 4 members (excludes halogenated alkanes) is 1. The SMILES string of the molecule is C=CCCCOCCN. The number of hydrogen-bond acceptors (Lipinski definition) is 2. The number of ether oxygens (including phenoxy) is 1. The average molecular weight is 129 g/mol. The van der Waals surface area contributed by atoms with Crippen molar-refractivity contribution in [1.29, 1.82) is 0 Å². The first-order valence-corrected chi connectivity index (χ1v) is 3.30. The minimum atomic E-state index is 0.619. The molecule has 0 unspecified atom stereocenters. The quantitative estimate of drug-likeness (QED) is 0.427. The highest BCUT2D eigenvalue weighted by molar-refractivity contribution is 4.64. The minimum absolute atomic E-state index is 0.619. The van der Waals surface area contributed by atoms with Crippen LogP contribution in [0.25, 0.3) is 0 Å². The molecule has 0 atom stereocenters. The van der Waals surface area contributed by atoms with E-state index in [1.54, 1.807) is 0 Å². The van der Waals surface area contributed by atoms with E-state index in [9.17, 15) is 0 Å². The predicted octanol–water partition coefficient (Wildman–Crippen LogP) is 0.928. The summed E-state index contributed by atoms with van der Waals surface area (Å²) in [4.78, 5) is 0. The number of allylic oxidation sites excluding steroid dienone is 1. The summed E-state index contributed by atoms with van der Waals surface area (Å²) in [5.74, 6) is 0. The maximum atomic E-state index is 5.20. The summed E-state index contributed by atoms with van der Waals surface area (Å²) in [6, 6.07) is 0. The largest absolute Gasteiger partial charge is 0.380 e. The molecule has 0 amide bonds. The highest BCUT2D eigenvalue weighted by Gasteiger charge is 1.83. The lowest BCUT2D eigenvalue weighted by molar-refractivity contribution is 0.140. The van der Waals surface area contributed by atoms with Crippen molar-refractivity contribution in [3.05, 3.63) is 12.7 Å². The van der Waals surface area contributed by atoms with Gasteiger partial charge in [-0.1, -0.05) is 6.08 Å². The summed E-state index contributed by atoms with van der Waals surface area (Å²) >= 11 is 0. The third-order valence-corrected chi connectivity index (χ3v) is 0.959. The summed E-state index contributed by atoms with van der Waals surface area (Å²) in [6.07, 6.45) is 3.99. The van der Waals surface area contributed by atoms with Crippen molar-refractivity contribution in [2.45, 2.75) is 12.8 Å². The van der Waals surface area contributed by atoms with E-state index in [1.165, 1.54) is 0 Å². The molecule has 9 heavy (non-hydrogen) atoms. The van der Waals surface area contributed by atoms with Crippen molar-refractivity contribution in [3.63, 3.8) is 0 Å². The average Bonchev–Trinajstić information content (AvgIpc) is 1.89. The van der Waals surface area contributed by atoms with Crippen LogP contribution in [0.2, 0.25) is 0 Å². The first-order valence-electron chi connectivity index (χ1n) is 3.30. The fourth-order valence-corrected chi connectivity index (χ4v) is 0.515. The molecule has 0 aromatic heterocycles. The zero-order valence-corrected chi connectivity index (χ0v) is 5.81. The molecule has 0 aliphatic carbocycles. The van der Waals surface area contributed by atoms with Crippen molar-refractivity contribution in [2.75, 3.05) is 19.8 Å². The maximum Gasteiger partial charge on any atom is 0.0588 e. The van der Waals surface area contributed by atoms with Crippen LogP contribution in [0.5, 0.6) is 0 Å². The molecule has 0 aromatic rings. The van der Waals surface area contributed by atoms with E-state index in [0.717, 1.165) is 19.4 Å². The van der Waals surface area contributed by atoms with Crippen LogP contribution in [-0.4, -0.2) is 19.8 Å². The predicted molar refractivity (Wildman–Crippen MR) is 39.3 cm³/mol. The van der Waals surface area contributed by atoms with Gasteiger partial charge in [0.25, 0.3) is 0 Å². The molecule has 54 valence electrons. The van der Waals surface area contributed by atoms with E-state index in [-0.39, 0.29) is 0 Å². The van der Waals surface area contributed by atoms with Gasteiger partial charge in [0.1, 0.15) is 0 Å². The fraction of sp³-hybridized carbons (Fsp3) is 0.714. The van der Waals surface area contributed by atoms with Crippen molar-refractivity contribution in [1.82, 2.24) is 0 Å². The molecule has 0 aliphatic rings. The molecule has 0 spiro atoms. The third-order valence-electron chi connectivity index (χ3n) is 0.959. The Hall–Kier alpha value is -0.340. The van der Waals surface area contributed by atoms with E-state index in [4.69, 9.17) is 10.5 Å². The topological polar surface area (TPSA) is 35.2 Å². The van der Waals surface area contributed by atoms with E-state index in [1.807, 2.05) is 6.08 Å². The van der Waals surface area contributed by atoms with E-state index in [0.29, 0.717) is 13.2 Å².